The van der Waals surface area contributed by atoms with E-state index in [1.165, 1.54) is 0 Å². The maximum atomic E-state index is 12.0. The highest BCUT2D eigenvalue weighted by atomic mass is 16.5. The van der Waals surface area contributed by atoms with Gasteiger partial charge in [0.05, 0.1) is 19.4 Å². The second kappa shape index (κ2) is 8.57. The Morgan fingerprint density at radius 3 is 2.38 bits per heavy atom. The molecule has 0 aliphatic rings. The van der Waals surface area contributed by atoms with E-state index in [2.05, 4.69) is 10.6 Å². The molecule has 2 N–H and O–H groups in total. The van der Waals surface area contributed by atoms with Crippen molar-refractivity contribution in [2.75, 3.05) is 19.0 Å². The van der Waals surface area contributed by atoms with Crippen LogP contribution in [0.1, 0.15) is 12.5 Å². The Balaban J connectivity index is 1.91. The number of carbonyl (C=O) groups is 2. The zero-order valence-corrected chi connectivity index (χ0v) is 13.7. The maximum absolute atomic E-state index is 12.0. The summed E-state index contributed by atoms with van der Waals surface area (Å²) in [4.78, 5) is 23.9. The quantitative estimate of drug-likeness (QED) is 0.798. The van der Waals surface area contributed by atoms with Crippen LogP contribution in [-0.4, -0.2) is 25.5 Å². The summed E-state index contributed by atoms with van der Waals surface area (Å²) in [5, 5.41) is 5.13. The van der Waals surface area contributed by atoms with E-state index in [9.17, 15) is 9.59 Å². The van der Waals surface area contributed by atoms with Crippen LogP contribution in [0.25, 0.3) is 0 Å². The van der Waals surface area contributed by atoms with Crippen LogP contribution >= 0.6 is 0 Å². The lowest BCUT2D eigenvalue weighted by molar-refractivity contribution is -0.136. The van der Waals surface area contributed by atoms with Gasteiger partial charge in [0.1, 0.15) is 11.5 Å². The number of amides is 2. The molecule has 0 unspecified atom stereocenters. The molecule has 0 aliphatic carbocycles. The summed E-state index contributed by atoms with van der Waals surface area (Å²) in [6.45, 7) is 2.57. The van der Waals surface area contributed by atoms with Crippen molar-refractivity contribution in [3.05, 3.63) is 54.1 Å². The number of ether oxygens (including phenoxy) is 2. The molecule has 0 saturated heterocycles. The van der Waals surface area contributed by atoms with Crippen molar-refractivity contribution < 1.29 is 19.1 Å². The predicted molar refractivity (Wildman–Crippen MR) is 91.1 cm³/mol. The van der Waals surface area contributed by atoms with Crippen molar-refractivity contribution in [2.45, 2.75) is 13.5 Å². The number of hydrogen-bond donors (Lipinski definition) is 2. The van der Waals surface area contributed by atoms with Gasteiger partial charge in [-0.3, -0.25) is 9.59 Å². The molecule has 0 spiro atoms. The molecule has 0 aromatic heterocycles. The third kappa shape index (κ3) is 4.74. The van der Waals surface area contributed by atoms with Crippen LogP contribution in [0.2, 0.25) is 0 Å². The number of para-hydroxylation sites is 2. The molecule has 0 atom stereocenters. The van der Waals surface area contributed by atoms with Crippen molar-refractivity contribution in [3.8, 4) is 11.5 Å². The van der Waals surface area contributed by atoms with Crippen LogP contribution in [0.5, 0.6) is 11.5 Å². The highest BCUT2D eigenvalue weighted by Gasteiger charge is 2.15. The number of benzene rings is 2. The number of nitrogens with one attached hydrogen (secondary N) is 2. The fourth-order valence-corrected chi connectivity index (χ4v) is 2.04. The number of rotatable bonds is 6. The van der Waals surface area contributed by atoms with E-state index in [-0.39, 0.29) is 6.54 Å². The highest BCUT2D eigenvalue weighted by molar-refractivity contribution is 6.39. The first kappa shape index (κ1) is 17.3. The lowest BCUT2D eigenvalue weighted by atomic mass is 10.2. The average Bonchev–Trinajstić information content (AvgIpc) is 2.62. The van der Waals surface area contributed by atoms with Crippen molar-refractivity contribution in [1.29, 1.82) is 0 Å². The number of hydrogen-bond acceptors (Lipinski definition) is 4. The Hall–Kier alpha value is -3.02. The van der Waals surface area contributed by atoms with Crippen LogP contribution in [0.3, 0.4) is 0 Å². The van der Waals surface area contributed by atoms with Crippen LogP contribution in [0.4, 0.5) is 5.69 Å². The molecule has 2 amide bonds. The van der Waals surface area contributed by atoms with Gasteiger partial charge in [0.25, 0.3) is 0 Å². The highest BCUT2D eigenvalue weighted by Crippen LogP contribution is 2.23. The Bertz CT molecular complexity index is 698. The van der Waals surface area contributed by atoms with Gasteiger partial charge < -0.3 is 20.1 Å². The van der Waals surface area contributed by atoms with E-state index < -0.39 is 11.8 Å². The van der Waals surface area contributed by atoms with Crippen LogP contribution in [-0.2, 0) is 16.1 Å². The Kier molecular flexibility index (Phi) is 6.19. The zero-order valence-electron chi connectivity index (χ0n) is 13.7. The molecule has 0 heterocycles. The molecule has 0 bridgehead atoms. The minimum atomic E-state index is -0.740. The van der Waals surface area contributed by atoms with Gasteiger partial charge in [-0.25, -0.2) is 0 Å². The van der Waals surface area contributed by atoms with Crippen molar-refractivity contribution in [2.24, 2.45) is 0 Å². The topological polar surface area (TPSA) is 76.7 Å². The largest absolute Gasteiger partial charge is 0.497 e. The van der Waals surface area contributed by atoms with Gasteiger partial charge in [-0.1, -0.05) is 24.3 Å². The van der Waals surface area contributed by atoms with Gasteiger partial charge in [0.15, 0.2) is 0 Å². The third-order valence-electron chi connectivity index (χ3n) is 3.25. The van der Waals surface area contributed by atoms with Crippen LogP contribution in [0, 0.1) is 0 Å². The summed E-state index contributed by atoms with van der Waals surface area (Å²) in [6, 6.07) is 14.2. The number of anilines is 1. The lowest BCUT2D eigenvalue weighted by Gasteiger charge is -2.11. The van der Waals surface area contributed by atoms with Crippen LogP contribution < -0.4 is 20.1 Å². The Morgan fingerprint density at radius 2 is 1.71 bits per heavy atom. The van der Waals surface area contributed by atoms with Gasteiger partial charge >= 0.3 is 11.8 Å². The minimum absolute atomic E-state index is 0.253. The van der Waals surface area contributed by atoms with Crippen molar-refractivity contribution in [3.63, 3.8) is 0 Å². The summed E-state index contributed by atoms with van der Waals surface area (Å²) in [5.41, 5.74) is 1.33. The average molecular weight is 328 g/mol. The molecule has 0 aliphatic heterocycles. The molecule has 24 heavy (non-hydrogen) atoms. The fourth-order valence-electron chi connectivity index (χ4n) is 2.04. The van der Waals surface area contributed by atoms with Gasteiger partial charge in [0.2, 0.25) is 0 Å². The van der Waals surface area contributed by atoms with Gasteiger partial charge in [-0.2, -0.15) is 0 Å². The van der Waals surface area contributed by atoms with Crippen molar-refractivity contribution in [1.82, 2.24) is 5.32 Å². The van der Waals surface area contributed by atoms with E-state index >= 15 is 0 Å². The summed E-state index contributed by atoms with van der Waals surface area (Å²) in [5.74, 6) is -0.195. The van der Waals surface area contributed by atoms with E-state index in [0.717, 1.165) is 11.3 Å². The summed E-state index contributed by atoms with van der Waals surface area (Å²) < 4.78 is 10.5. The van der Waals surface area contributed by atoms with E-state index in [1.54, 1.807) is 43.5 Å². The van der Waals surface area contributed by atoms with Crippen molar-refractivity contribution >= 4 is 17.5 Å². The Labute approximate surface area is 140 Å². The molecule has 0 radical (unpaired) electrons. The predicted octanol–water partition coefficient (Wildman–Crippen LogP) is 2.35. The normalized spacial score (nSPS) is 9.92. The molecule has 0 saturated carbocycles. The van der Waals surface area contributed by atoms with E-state index in [0.29, 0.717) is 18.0 Å². The molecule has 2 rings (SSSR count). The molecular weight excluding hydrogens is 308 g/mol. The van der Waals surface area contributed by atoms with E-state index in [1.807, 2.05) is 19.1 Å². The third-order valence-corrected chi connectivity index (χ3v) is 3.25. The molecule has 2 aromatic rings. The SMILES string of the molecule is CCOc1ccccc1NC(=O)C(=O)NCc1ccc(OC)cc1. The smallest absolute Gasteiger partial charge is 0.313 e. The monoisotopic (exact) mass is 328 g/mol. The van der Waals surface area contributed by atoms with Gasteiger partial charge in [-0.15, -0.1) is 0 Å². The van der Waals surface area contributed by atoms with Crippen LogP contribution in [0.15, 0.2) is 48.5 Å². The molecule has 126 valence electrons. The van der Waals surface area contributed by atoms with E-state index in [4.69, 9.17) is 9.47 Å². The zero-order chi connectivity index (χ0) is 17.4. The first-order chi connectivity index (χ1) is 11.6. The number of carbonyl (C=O) groups excluding carboxylic acids is 2. The maximum Gasteiger partial charge on any atom is 0.313 e. The first-order valence-electron chi connectivity index (χ1n) is 7.58. The Morgan fingerprint density at radius 1 is 1.00 bits per heavy atom. The second-order valence-corrected chi connectivity index (χ2v) is 4.91. The molecule has 6 nitrogen and oxygen atoms in total. The minimum Gasteiger partial charge on any atom is -0.497 e. The molecular formula is C18H20N2O4. The lowest BCUT2D eigenvalue weighted by Crippen LogP contribution is -2.35. The second-order valence-electron chi connectivity index (χ2n) is 4.91. The summed E-state index contributed by atoms with van der Waals surface area (Å²) in [6.07, 6.45) is 0. The molecule has 0 fully saturated rings. The first-order valence-corrected chi connectivity index (χ1v) is 7.58. The van der Waals surface area contributed by atoms with Gasteiger partial charge in [0, 0.05) is 6.54 Å². The summed E-state index contributed by atoms with van der Waals surface area (Å²) >= 11 is 0. The summed E-state index contributed by atoms with van der Waals surface area (Å²) in [7, 11) is 1.58. The van der Waals surface area contributed by atoms with Gasteiger partial charge in [-0.05, 0) is 36.8 Å². The molecule has 6 heteroatoms. The fraction of sp³-hybridized carbons (Fsp3) is 0.222. The number of methoxy groups -OCH3 is 1. The molecule has 2 aromatic carbocycles. The standard InChI is InChI=1S/C18H20N2O4/c1-3-24-16-7-5-4-6-15(16)20-18(22)17(21)19-12-13-8-10-14(23-2)11-9-13/h4-11H,3,12H2,1-2H3,(H,19,21)(H,20,22).